The fraction of sp³-hybridized carbons (Fsp3) is 0.148. The van der Waals surface area contributed by atoms with Crippen molar-refractivity contribution in [2.45, 2.75) is 37.5 Å². The average molecular weight is 525 g/mol. The van der Waals surface area contributed by atoms with E-state index in [1.165, 1.54) is 0 Å². The maximum atomic E-state index is 13.8. The SMILES string of the molecule is Cc1ccc(S(=O)(=O)c2c(Nc3c(C)cc(C)cc3C)sc(C(=O)c3ccc(Cl)cc3)c2N)cc1. The number of benzene rings is 3. The number of nitrogens with two attached hydrogens (primary N) is 1. The smallest absolute Gasteiger partial charge is 0.211 e. The second-order valence-corrected chi connectivity index (χ2v) is 11.9. The van der Waals surface area contributed by atoms with Gasteiger partial charge in [-0.2, -0.15) is 0 Å². The molecule has 5 nitrogen and oxygen atoms in total. The highest BCUT2D eigenvalue weighted by Crippen LogP contribution is 2.44. The maximum Gasteiger partial charge on any atom is 0.211 e. The van der Waals surface area contributed by atoms with E-state index in [1.54, 1.807) is 48.5 Å². The Balaban J connectivity index is 1.92. The molecule has 0 radical (unpaired) electrons. The first kappa shape index (κ1) is 25.0. The molecule has 0 fully saturated rings. The highest BCUT2D eigenvalue weighted by Gasteiger charge is 2.32. The Bertz CT molecular complexity index is 1520. The van der Waals surface area contributed by atoms with E-state index in [4.69, 9.17) is 17.3 Å². The van der Waals surface area contributed by atoms with Gasteiger partial charge in [0.2, 0.25) is 15.6 Å². The van der Waals surface area contributed by atoms with Gasteiger partial charge in [-0.1, -0.05) is 47.0 Å². The number of hydrogen-bond donors (Lipinski definition) is 2. The third-order valence-electron chi connectivity index (χ3n) is 5.73. The van der Waals surface area contributed by atoms with Crippen molar-refractivity contribution in [2.24, 2.45) is 0 Å². The number of thiophene rings is 1. The van der Waals surface area contributed by atoms with Crippen molar-refractivity contribution in [1.29, 1.82) is 0 Å². The van der Waals surface area contributed by atoms with Gasteiger partial charge < -0.3 is 11.1 Å². The number of ketones is 1. The lowest BCUT2D eigenvalue weighted by molar-refractivity contribution is 0.104. The summed E-state index contributed by atoms with van der Waals surface area (Å²) in [5.41, 5.74) is 11.5. The van der Waals surface area contributed by atoms with Crippen molar-refractivity contribution in [3.63, 3.8) is 0 Å². The first-order chi connectivity index (χ1) is 16.5. The normalized spacial score (nSPS) is 11.5. The lowest BCUT2D eigenvalue weighted by Crippen LogP contribution is -2.09. The minimum absolute atomic E-state index is 0.0690. The van der Waals surface area contributed by atoms with Crippen molar-refractivity contribution in [2.75, 3.05) is 11.1 Å². The summed E-state index contributed by atoms with van der Waals surface area (Å²) in [5, 5.41) is 4.08. The topological polar surface area (TPSA) is 89.3 Å². The number of nitrogens with one attached hydrogen (secondary N) is 1. The van der Waals surface area contributed by atoms with Crippen LogP contribution in [0.15, 0.2) is 70.5 Å². The third kappa shape index (κ3) is 4.85. The molecule has 4 rings (SSSR count). The molecule has 0 aliphatic rings. The van der Waals surface area contributed by atoms with Crippen molar-refractivity contribution in [3.05, 3.63) is 98.4 Å². The fourth-order valence-electron chi connectivity index (χ4n) is 4.00. The van der Waals surface area contributed by atoms with Crippen LogP contribution in [-0.2, 0) is 9.84 Å². The van der Waals surface area contributed by atoms with Gasteiger partial charge in [-0.15, -0.1) is 11.3 Å². The van der Waals surface area contributed by atoms with Crippen molar-refractivity contribution >= 4 is 54.9 Å². The van der Waals surface area contributed by atoms with Gasteiger partial charge in [0.05, 0.1) is 10.6 Å². The van der Waals surface area contributed by atoms with Gasteiger partial charge in [-0.25, -0.2) is 8.42 Å². The first-order valence-electron chi connectivity index (χ1n) is 10.9. The van der Waals surface area contributed by atoms with E-state index in [9.17, 15) is 13.2 Å². The van der Waals surface area contributed by atoms with Crippen LogP contribution in [0.5, 0.6) is 0 Å². The molecule has 0 bridgehead atoms. The number of carbonyl (C=O) groups is 1. The van der Waals surface area contributed by atoms with Crippen molar-refractivity contribution in [1.82, 2.24) is 0 Å². The molecule has 0 saturated carbocycles. The molecule has 35 heavy (non-hydrogen) atoms. The molecule has 1 heterocycles. The largest absolute Gasteiger partial charge is 0.396 e. The lowest BCUT2D eigenvalue weighted by atomic mass is 10.1. The highest BCUT2D eigenvalue weighted by atomic mass is 35.5. The summed E-state index contributed by atoms with van der Waals surface area (Å²) in [5.74, 6) is -0.366. The summed E-state index contributed by atoms with van der Waals surface area (Å²) >= 11 is 7.01. The Hall–Kier alpha value is -3.13. The van der Waals surface area contributed by atoms with Crippen molar-refractivity contribution in [3.8, 4) is 0 Å². The molecule has 3 aromatic carbocycles. The Morgan fingerprint density at radius 3 is 2.03 bits per heavy atom. The molecule has 0 atom stereocenters. The van der Waals surface area contributed by atoms with Crippen LogP contribution in [0.4, 0.5) is 16.4 Å². The van der Waals surface area contributed by atoms with Crippen LogP contribution in [0, 0.1) is 27.7 Å². The van der Waals surface area contributed by atoms with Crippen LogP contribution in [0.1, 0.15) is 37.5 Å². The van der Waals surface area contributed by atoms with Crippen LogP contribution >= 0.6 is 22.9 Å². The highest BCUT2D eigenvalue weighted by molar-refractivity contribution is 7.92. The van der Waals surface area contributed by atoms with E-state index in [0.29, 0.717) is 15.6 Å². The predicted molar refractivity (Wildman–Crippen MR) is 144 cm³/mol. The number of nitrogen functional groups attached to an aromatic ring is 1. The van der Waals surface area contributed by atoms with Gasteiger partial charge in [0.1, 0.15) is 14.8 Å². The van der Waals surface area contributed by atoms with Gasteiger partial charge >= 0.3 is 0 Å². The van der Waals surface area contributed by atoms with Crippen LogP contribution in [-0.4, -0.2) is 14.2 Å². The van der Waals surface area contributed by atoms with E-state index in [2.05, 4.69) is 5.32 Å². The van der Waals surface area contributed by atoms with Crippen LogP contribution < -0.4 is 11.1 Å². The van der Waals surface area contributed by atoms with Crippen LogP contribution in [0.3, 0.4) is 0 Å². The third-order valence-corrected chi connectivity index (χ3v) is 9.08. The number of rotatable bonds is 6. The molecule has 0 saturated heterocycles. The molecule has 4 aromatic rings. The van der Waals surface area contributed by atoms with E-state index < -0.39 is 9.84 Å². The molecule has 0 spiro atoms. The second-order valence-electron chi connectivity index (χ2n) is 8.55. The Kier molecular flexibility index (Phi) is 6.77. The zero-order chi connectivity index (χ0) is 25.5. The van der Waals surface area contributed by atoms with Gasteiger partial charge in [0.15, 0.2) is 0 Å². The molecule has 3 N–H and O–H groups in total. The van der Waals surface area contributed by atoms with Gasteiger partial charge in [-0.05, 0) is 75.2 Å². The Labute approximate surface area is 214 Å². The number of halogens is 1. The Morgan fingerprint density at radius 1 is 0.886 bits per heavy atom. The summed E-state index contributed by atoms with van der Waals surface area (Å²) in [6.45, 7) is 7.79. The number of sulfone groups is 1. The fourth-order valence-corrected chi connectivity index (χ4v) is 7.05. The monoisotopic (exact) mass is 524 g/mol. The lowest BCUT2D eigenvalue weighted by Gasteiger charge is -2.14. The van der Waals surface area contributed by atoms with E-state index in [1.807, 2.05) is 39.8 Å². The molecule has 0 aliphatic heterocycles. The van der Waals surface area contributed by atoms with Crippen molar-refractivity contribution < 1.29 is 13.2 Å². The van der Waals surface area contributed by atoms with Gasteiger partial charge in [0.25, 0.3) is 0 Å². The minimum Gasteiger partial charge on any atom is -0.396 e. The van der Waals surface area contributed by atoms with Gasteiger partial charge in [0, 0.05) is 16.3 Å². The predicted octanol–water partition coefficient (Wildman–Crippen LogP) is 7.02. The molecular formula is C27H25ClN2O3S2. The summed E-state index contributed by atoms with van der Waals surface area (Å²) in [4.78, 5) is 13.5. The standard InChI is InChI=1S/C27H25ClN2O3S2/c1-15-5-11-21(12-6-15)35(32,33)26-22(29)25(24(31)19-7-9-20(28)10-8-19)34-27(26)30-23-17(3)13-16(2)14-18(23)4/h5-14,30H,29H2,1-4H3. The van der Waals surface area contributed by atoms with E-state index in [0.717, 1.165) is 39.3 Å². The molecule has 1 aromatic heterocycles. The molecule has 0 amide bonds. The van der Waals surface area contributed by atoms with Crippen LogP contribution in [0.2, 0.25) is 5.02 Å². The zero-order valence-corrected chi connectivity index (χ0v) is 22.2. The molecule has 8 heteroatoms. The molecular weight excluding hydrogens is 500 g/mol. The first-order valence-corrected chi connectivity index (χ1v) is 13.6. The summed E-state index contributed by atoms with van der Waals surface area (Å²) < 4.78 is 27.6. The number of carbonyl (C=O) groups excluding carboxylic acids is 1. The Morgan fingerprint density at radius 2 is 1.46 bits per heavy atom. The number of anilines is 3. The average Bonchev–Trinajstić information content (AvgIpc) is 3.13. The summed E-state index contributed by atoms with van der Waals surface area (Å²) in [6.07, 6.45) is 0. The number of hydrogen-bond acceptors (Lipinski definition) is 6. The van der Waals surface area contributed by atoms with Crippen LogP contribution in [0.25, 0.3) is 0 Å². The van der Waals surface area contributed by atoms with E-state index in [-0.39, 0.29) is 26.1 Å². The quantitative estimate of drug-likeness (QED) is 0.264. The molecule has 0 aliphatic carbocycles. The zero-order valence-electron chi connectivity index (χ0n) is 19.8. The molecule has 180 valence electrons. The minimum atomic E-state index is -4.02. The summed E-state index contributed by atoms with van der Waals surface area (Å²) in [7, 11) is -4.02. The van der Waals surface area contributed by atoms with Gasteiger partial charge in [-0.3, -0.25) is 4.79 Å². The summed E-state index contributed by atoms with van der Waals surface area (Å²) in [6, 6.07) is 17.0. The maximum absolute atomic E-state index is 13.8. The number of aryl methyl sites for hydroxylation is 4. The van der Waals surface area contributed by atoms with E-state index >= 15 is 0 Å². The molecule has 0 unspecified atom stereocenters. The second kappa shape index (κ2) is 9.49.